The summed E-state index contributed by atoms with van der Waals surface area (Å²) in [4.78, 5) is 6.91. The molecule has 0 bridgehead atoms. The number of pyridine rings is 1. The zero-order valence-electron chi connectivity index (χ0n) is 12.0. The van der Waals surface area contributed by atoms with E-state index in [0.29, 0.717) is 0 Å². The second-order valence-electron chi connectivity index (χ2n) is 5.38. The fourth-order valence-electron chi connectivity index (χ4n) is 2.63. The Hall–Kier alpha value is -2.03. The van der Waals surface area contributed by atoms with Gasteiger partial charge in [0, 0.05) is 19.6 Å². The van der Waals surface area contributed by atoms with Gasteiger partial charge in [0.25, 0.3) is 0 Å². The molecule has 3 rings (SSSR count). The molecule has 2 aromatic rings. The largest absolute Gasteiger partial charge is 0.380 e. The van der Waals surface area contributed by atoms with Gasteiger partial charge in [0.15, 0.2) is 0 Å². The number of rotatable bonds is 4. The van der Waals surface area contributed by atoms with Crippen molar-refractivity contribution in [2.24, 2.45) is 0 Å². The summed E-state index contributed by atoms with van der Waals surface area (Å²) in [5, 5.41) is 3.44. The first-order valence-corrected chi connectivity index (χ1v) is 7.32. The molecule has 1 N–H and O–H groups in total. The van der Waals surface area contributed by atoms with Crippen LogP contribution in [0, 0.1) is 6.92 Å². The molecule has 20 heavy (non-hydrogen) atoms. The van der Waals surface area contributed by atoms with E-state index in [0.717, 1.165) is 31.1 Å². The molecule has 0 unspecified atom stereocenters. The van der Waals surface area contributed by atoms with Crippen molar-refractivity contribution in [1.82, 2.24) is 4.98 Å². The number of hydrogen-bond acceptors (Lipinski definition) is 3. The lowest BCUT2D eigenvalue weighted by atomic mass is 10.1. The summed E-state index contributed by atoms with van der Waals surface area (Å²) in [6.07, 6.45) is 4.51. The molecule has 1 aliphatic rings. The zero-order chi connectivity index (χ0) is 13.8. The van der Waals surface area contributed by atoms with Crippen molar-refractivity contribution in [3.05, 3.63) is 53.7 Å². The van der Waals surface area contributed by atoms with Gasteiger partial charge in [0.1, 0.15) is 5.82 Å². The average molecular weight is 267 g/mol. The summed E-state index contributed by atoms with van der Waals surface area (Å²) < 4.78 is 0. The molecule has 0 saturated carbocycles. The summed E-state index contributed by atoms with van der Waals surface area (Å²) in [5.41, 5.74) is 3.73. The first kappa shape index (κ1) is 13.0. The highest BCUT2D eigenvalue weighted by molar-refractivity contribution is 5.49. The van der Waals surface area contributed by atoms with E-state index in [1.165, 1.54) is 24.0 Å². The SMILES string of the molecule is Cc1ccccc1CNc1ccc(N2CCCC2)nc1. The van der Waals surface area contributed by atoms with E-state index >= 15 is 0 Å². The smallest absolute Gasteiger partial charge is 0.128 e. The molecule has 0 aliphatic carbocycles. The highest BCUT2D eigenvalue weighted by atomic mass is 15.2. The minimum Gasteiger partial charge on any atom is -0.380 e. The third kappa shape index (κ3) is 2.93. The van der Waals surface area contributed by atoms with Crippen molar-refractivity contribution in [3.8, 4) is 0 Å². The molecular weight excluding hydrogens is 246 g/mol. The predicted molar refractivity (Wildman–Crippen MR) is 84.2 cm³/mol. The van der Waals surface area contributed by atoms with Crippen LogP contribution in [0.5, 0.6) is 0 Å². The zero-order valence-corrected chi connectivity index (χ0v) is 12.0. The summed E-state index contributed by atoms with van der Waals surface area (Å²) in [6.45, 7) is 5.27. The van der Waals surface area contributed by atoms with Crippen LogP contribution in [0.3, 0.4) is 0 Å². The Morgan fingerprint density at radius 3 is 2.60 bits per heavy atom. The standard InChI is InChI=1S/C17H21N3/c1-14-6-2-3-7-15(14)12-18-16-8-9-17(19-13-16)20-10-4-5-11-20/h2-3,6-9,13,18H,4-5,10-12H2,1H3. The Morgan fingerprint density at radius 2 is 1.90 bits per heavy atom. The van der Waals surface area contributed by atoms with Crippen molar-refractivity contribution < 1.29 is 0 Å². The number of nitrogens with one attached hydrogen (secondary N) is 1. The first-order chi connectivity index (χ1) is 9.83. The van der Waals surface area contributed by atoms with Crippen LogP contribution < -0.4 is 10.2 Å². The summed E-state index contributed by atoms with van der Waals surface area (Å²) in [7, 11) is 0. The van der Waals surface area contributed by atoms with Crippen LogP contribution in [0.1, 0.15) is 24.0 Å². The number of nitrogens with zero attached hydrogens (tertiary/aromatic N) is 2. The van der Waals surface area contributed by atoms with E-state index in [1.807, 2.05) is 6.20 Å². The van der Waals surface area contributed by atoms with E-state index < -0.39 is 0 Å². The molecule has 2 heterocycles. The van der Waals surface area contributed by atoms with Crippen LogP contribution in [0.15, 0.2) is 42.6 Å². The maximum atomic E-state index is 4.56. The van der Waals surface area contributed by atoms with Crippen molar-refractivity contribution >= 4 is 11.5 Å². The second kappa shape index (κ2) is 5.95. The number of hydrogen-bond donors (Lipinski definition) is 1. The van der Waals surface area contributed by atoms with Crippen LogP contribution >= 0.6 is 0 Å². The number of aromatic nitrogens is 1. The molecule has 3 nitrogen and oxygen atoms in total. The quantitative estimate of drug-likeness (QED) is 0.917. The van der Waals surface area contributed by atoms with Crippen LogP contribution in [0.4, 0.5) is 11.5 Å². The van der Waals surface area contributed by atoms with Gasteiger partial charge >= 0.3 is 0 Å². The van der Waals surface area contributed by atoms with Gasteiger partial charge in [-0.2, -0.15) is 0 Å². The van der Waals surface area contributed by atoms with Crippen LogP contribution in [-0.2, 0) is 6.54 Å². The number of benzene rings is 1. The van der Waals surface area contributed by atoms with Crippen molar-refractivity contribution in [2.75, 3.05) is 23.3 Å². The van der Waals surface area contributed by atoms with Gasteiger partial charge in [-0.15, -0.1) is 0 Å². The highest BCUT2D eigenvalue weighted by Gasteiger charge is 2.12. The Labute approximate surface area is 120 Å². The van der Waals surface area contributed by atoms with Crippen LogP contribution in [0.25, 0.3) is 0 Å². The molecule has 3 heteroatoms. The minimum atomic E-state index is 0.845. The van der Waals surface area contributed by atoms with E-state index in [1.54, 1.807) is 0 Å². The maximum Gasteiger partial charge on any atom is 0.128 e. The molecule has 0 amide bonds. The Balaban J connectivity index is 1.62. The van der Waals surface area contributed by atoms with Gasteiger partial charge in [-0.3, -0.25) is 0 Å². The van der Waals surface area contributed by atoms with Gasteiger partial charge in [-0.1, -0.05) is 24.3 Å². The summed E-state index contributed by atoms with van der Waals surface area (Å²) >= 11 is 0. The Morgan fingerprint density at radius 1 is 1.10 bits per heavy atom. The lowest BCUT2D eigenvalue weighted by molar-refractivity contribution is 0.937. The Bertz CT molecular complexity index is 557. The summed E-state index contributed by atoms with van der Waals surface area (Å²) in [5.74, 6) is 1.10. The highest BCUT2D eigenvalue weighted by Crippen LogP contribution is 2.19. The molecule has 0 spiro atoms. The normalized spacial score (nSPS) is 14.6. The lowest BCUT2D eigenvalue weighted by Crippen LogP contribution is -2.18. The molecule has 104 valence electrons. The van der Waals surface area contributed by atoms with Crippen molar-refractivity contribution in [1.29, 1.82) is 0 Å². The monoisotopic (exact) mass is 267 g/mol. The fraction of sp³-hybridized carbons (Fsp3) is 0.353. The van der Waals surface area contributed by atoms with E-state index in [-0.39, 0.29) is 0 Å². The molecule has 1 fully saturated rings. The van der Waals surface area contributed by atoms with Crippen LogP contribution in [0.2, 0.25) is 0 Å². The first-order valence-electron chi connectivity index (χ1n) is 7.32. The molecule has 1 saturated heterocycles. The Kier molecular flexibility index (Phi) is 3.86. The van der Waals surface area contributed by atoms with Crippen LogP contribution in [-0.4, -0.2) is 18.1 Å². The lowest BCUT2D eigenvalue weighted by Gasteiger charge is -2.16. The topological polar surface area (TPSA) is 28.2 Å². The van der Waals surface area contributed by atoms with E-state index in [2.05, 4.69) is 58.5 Å². The van der Waals surface area contributed by atoms with Gasteiger partial charge in [-0.05, 0) is 43.0 Å². The van der Waals surface area contributed by atoms with Gasteiger partial charge in [-0.25, -0.2) is 4.98 Å². The third-order valence-electron chi connectivity index (χ3n) is 3.92. The second-order valence-corrected chi connectivity index (χ2v) is 5.38. The van der Waals surface area contributed by atoms with Crippen molar-refractivity contribution in [2.45, 2.75) is 26.3 Å². The van der Waals surface area contributed by atoms with Crippen molar-refractivity contribution in [3.63, 3.8) is 0 Å². The molecule has 1 aromatic heterocycles. The van der Waals surface area contributed by atoms with Gasteiger partial charge < -0.3 is 10.2 Å². The third-order valence-corrected chi connectivity index (χ3v) is 3.92. The molecular formula is C17H21N3. The number of aryl methyl sites for hydroxylation is 1. The summed E-state index contributed by atoms with van der Waals surface area (Å²) in [6, 6.07) is 12.7. The van der Waals surface area contributed by atoms with Gasteiger partial charge in [0.2, 0.25) is 0 Å². The number of anilines is 2. The molecule has 0 atom stereocenters. The molecule has 1 aromatic carbocycles. The maximum absolute atomic E-state index is 4.56. The van der Waals surface area contributed by atoms with E-state index in [9.17, 15) is 0 Å². The molecule has 0 radical (unpaired) electrons. The van der Waals surface area contributed by atoms with Gasteiger partial charge in [0.05, 0.1) is 11.9 Å². The molecule has 1 aliphatic heterocycles. The van der Waals surface area contributed by atoms with E-state index in [4.69, 9.17) is 0 Å². The minimum absolute atomic E-state index is 0.845. The average Bonchev–Trinajstić information content (AvgIpc) is 3.01. The predicted octanol–water partition coefficient (Wildman–Crippen LogP) is 3.60. The fourth-order valence-corrected chi connectivity index (χ4v) is 2.63.